The lowest BCUT2D eigenvalue weighted by Gasteiger charge is -2.33. The molecule has 0 amide bonds. The van der Waals surface area contributed by atoms with Gasteiger partial charge < -0.3 is 18.3 Å². The van der Waals surface area contributed by atoms with Crippen LogP contribution in [0.1, 0.15) is 0 Å². The lowest BCUT2D eigenvalue weighted by atomic mass is 9.84. The van der Waals surface area contributed by atoms with Crippen molar-refractivity contribution >= 4 is 62.1 Å². The molecule has 5 aromatic carbocycles. The Bertz CT molecular complexity index is 2270. The van der Waals surface area contributed by atoms with Crippen LogP contribution in [0.25, 0.3) is 60.7 Å². The molecule has 6 heteroatoms. The summed E-state index contributed by atoms with van der Waals surface area (Å²) >= 11 is 0. The van der Waals surface area contributed by atoms with Crippen LogP contribution >= 0.6 is 0 Å². The number of rotatable bonds is 1. The van der Waals surface area contributed by atoms with Crippen LogP contribution in [0, 0.1) is 0 Å². The highest BCUT2D eigenvalue weighted by Gasteiger charge is 2.46. The molecule has 0 N–H and O–H groups in total. The number of hydrogen-bond donors (Lipinski definition) is 0. The first kappa shape index (κ1) is 19.8. The molecule has 0 saturated carbocycles. The summed E-state index contributed by atoms with van der Waals surface area (Å²) in [6.07, 6.45) is 4.04. The lowest BCUT2D eigenvalue weighted by molar-refractivity contribution is 1.06. The van der Waals surface area contributed by atoms with E-state index in [0.29, 0.717) is 0 Å². The van der Waals surface area contributed by atoms with Gasteiger partial charge in [-0.3, -0.25) is 0 Å². The summed E-state index contributed by atoms with van der Waals surface area (Å²) in [6, 6.07) is 39.7. The van der Waals surface area contributed by atoms with E-state index in [1.807, 2.05) is 6.20 Å². The van der Waals surface area contributed by atoms with Crippen LogP contribution in [0.3, 0.4) is 0 Å². The number of benzene rings is 5. The summed E-state index contributed by atoms with van der Waals surface area (Å²) in [5.74, 6) is 1.01. The third-order valence-corrected chi connectivity index (χ3v) is 8.65. The van der Waals surface area contributed by atoms with E-state index >= 15 is 0 Å². The van der Waals surface area contributed by atoms with Gasteiger partial charge in [0.2, 0.25) is 0 Å². The topological polar surface area (TPSA) is 30.9 Å². The largest absolute Gasteiger partial charge is 0.519 e. The maximum Gasteiger partial charge on any atom is 0.519 e. The fourth-order valence-corrected chi connectivity index (χ4v) is 7.17. The van der Waals surface area contributed by atoms with Crippen LogP contribution in [-0.2, 0) is 0 Å². The second kappa shape index (κ2) is 6.80. The van der Waals surface area contributed by atoms with Crippen LogP contribution < -0.4 is 4.81 Å². The van der Waals surface area contributed by atoms with Gasteiger partial charge in [-0.05, 0) is 42.5 Å². The molecule has 0 unspecified atom stereocenters. The van der Waals surface area contributed by atoms with Crippen molar-refractivity contribution < 1.29 is 0 Å². The Balaban J connectivity index is 1.38. The zero-order valence-corrected chi connectivity index (χ0v) is 20.9. The molecule has 0 spiro atoms. The van der Waals surface area contributed by atoms with E-state index < -0.39 is 0 Å². The molecule has 39 heavy (non-hydrogen) atoms. The van der Waals surface area contributed by atoms with Gasteiger partial charge in [-0.2, -0.15) is 0 Å². The van der Waals surface area contributed by atoms with Gasteiger partial charge in [0.1, 0.15) is 5.82 Å². The van der Waals surface area contributed by atoms with E-state index in [0.717, 1.165) is 11.4 Å². The summed E-state index contributed by atoms with van der Waals surface area (Å²) in [5, 5.41) is 5.10. The molecule has 8 aromatic rings. The number of fused-ring (bicyclic) bond motifs is 14. The van der Waals surface area contributed by atoms with Crippen LogP contribution in [0.15, 0.2) is 122 Å². The highest BCUT2D eigenvalue weighted by molar-refractivity contribution is 6.68. The Kier molecular flexibility index (Phi) is 3.46. The van der Waals surface area contributed by atoms with E-state index in [1.165, 1.54) is 60.7 Å². The molecule has 0 aliphatic carbocycles. The molecule has 3 aromatic heterocycles. The van der Waals surface area contributed by atoms with Crippen LogP contribution in [0.4, 0.5) is 11.4 Å². The predicted octanol–water partition coefficient (Wildman–Crippen LogP) is 7.60. The molecule has 0 atom stereocenters. The van der Waals surface area contributed by atoms with Crippen molar-refractivity contribution in [2.24, 2.45) is 0 Å². The molecule has 0 radical (unpaired) electrons. The number of hydrogen-bond acceptors (Lipinski definition) is 2. The number of imidazole rings is 1. The zero-order valence-electron chi connectivity index (χ0n) is 20.9. The molecular weight excluding hydrogens is 477 g/mol. The first-order chi connectivity index (χ1) is 19.4. The monoisotopic (exact) mass is 497 g/mol. The third-order valence-electron chi connectivity index (χ3n) is 8.65. The molecule has 0 fully saturated rings. The first-order valence-electron chi connectivity index (χ1n) is 13.4. The number of anilines is 2. The van der Waals surface area contributed by atoms with Crippen molar-refractivity contribution in [2.45, 2.75) is 0 Å². The SMILES string of the molecule is c1ccc2c(c1)-c1nccn1B1N2c2cc(-n3c4ccccc4c4ccccc43)cc3c4ccccc4n1c23. The van der Waals surface area contributed by atoms with Crippen LogP contribution in [0.5, 0.6) is 0 Å². The number of aromatic nitrogens is 4. The molecule has 2 aliphatic heterocycles. The van der Waals surface area contributed by atoms with Crippen LogP contribution in [-0.4, -0.2) is 25.6 Å². The first-order valence-corrected chi connectivity index (χ1v) is 13.4. The van der Waals surface area contributed by atoms with Crippen LogP contribution in [0.2, 0.25) is 0 Å². The molecule has 10 rings (SSSR count). The molecule has 0 bridgehead atoms. The highest BCUT2D eigenvalue weighted by Crippen LogP contribution is 2.50. The summed E-state index contributed by atoms with van der Waals surface area (Å²) in [5.41, 5.74) is 9.68. The van der Waals surface area contributed by atoms with Gasteiger partial charge in [-0.25, -0.2) is 4.98 Å². The average Bonchev–Trinajstić information content (AvgIpc) is 3.75. The number of para-hydroxylation sites is 4. The molecule has 5 nitrogen and oxygen atoms in total. The van der Waals surface area contributed by atoms with Gasteiger partial charge in [0.25, 0.3) is 0 Å². The molecule has 0 saturated heterocycles. The zero-order chi connectivity index (χ0) is 25.2. The van der Waals surface area contributed by atoms with Crippen molar-refractivity contribution in [3.63, 3.8) is 0 Å². The maximum absolute atomic E-state index is 4.80. The number of nitrogens with zero attached hydrogens (tertiary/aromatic N) is 5. The van der Waals surface area contributed by atoms with Gasteiger partial charge >= 0.3 is 7.12 Å². The predicted molar refractivity (Wildman–Crippen MR) is 160 cm³/mol. The summed E-state index contributed by atoms with van der Waals surface area (Å²) in [4.78, 5) is 7.29. The minimum atomic E-state index is -0.0526. The molecule has 180 valence electrons. The van der Waals surface area contributed by atoms with E-state index in [1.54, 1.807) is 0 Å². The van der Waals surface area contributed by atoms with Gasteiger partial charge in [0.15, 0.2) is 0 Å². The van der Waals surface area contributed by atoms with Crippen molar-refractivity contribution in [3.05, 3.63) is 122 Å². The van der Waals surface area contributed by atoms with Crippen molar-refractivity contribution in [1.82, 2.24) is 18.5 Å². The molecule has 5 heterocycles. The Morgan fingerprint density at radius 2 is 1.23 bits per heavy atom. The van der Waals surface area contributed by atoms with Gasteiger partial charge in [-0.1, -0.05) is 66.7 Å². The minimum absolute atomic E-state index is 0.0526. The Morgan fingerprint density at radius 3 is 2.00 bits per heavy atom. The van der Waals surface area contributed by atoms with Crippen molar-refractivity contribution in [2.75, 3.05) is 4.81 Å². The lowest BCUT2D eigenvalue weighted by Crippen LogP contribution is -2.47. The summed E-state index contributed by atoms with van der Waals surface area (Å²) in [6.45, 7) is 0. The summed E-state index contributed by atoms with van der Waals surface area (Å²) < 4.78 is 7.24. The van der Waals surface area contributed by atoms with E-state index in [2.05, 4.69) is 134 Å². The second-order valence-electron chi connectivity index (χ2n) is 10.5. The third kappa shape index (κ3) is 2.28. The van der Waals surface area contributed by atoms with Gasteiger partial charge in [-0.15, -0.1) is 0 Å². The smallest absolute Gasteiger partial charge is 0.343 e. The summed E-state index contributed by atoms with van der Waals surface area (Å²) in [7, 11) is -0.0526. The van der Waals surface area contributed by atoms with E-state index in [4.69, 9.17) is 4.98 Å². The minimum Gasteiger partial charge on any atom is -0.343 e. The second-order valence-corrected chi connectivity index (χ2v) is 10.5. The van der Waals surface area contributed by atoms with Gasteiger partial charge in [0.05, 0.1) is 22.2 Å². The van der Waals surface area contributed by atoms with E-state index in [9.17, 15) is 0 Å². The fourth-order valence-electron chi connectivity index (χ4n) is 7.17. The average molecular weight is 497 g/mol. The Labute approximate surface area is 223 Å². The van der Waals surface area contributed by atoms with E-state index in [-0.39, 0.29) is 7.12 Å². The normalized spacial score (nSPS) is 13.5. The quantitative estimate of drug-likeness (QED) is 0.219. The van der Waals surface area contributed by atoms with Gasteiger partial charge in [0, 0.05) is 56.4 Å². The Hall–Kier alpha value is -5.23. The Morgan fingerprint density at radius 1 is 0.590 bits per heavy atom. The standard InChI is InChI=1S/C33H20BN5/c1-5-13-27-22(9-1)23-10-2-6-14-28(23)37(27)21-19-26-24-11-3-7-15-29(24)39-32(26)31(20-21)38-30-16-8-4-12-25(30)33-35-17-18-36(33)34(38)39/h1-20H. The maximum atomic E-state index is 4.80. The molecule has 2 aliphatic rings. The van der Waals surface area contributed by atoms with Crippen molar-refractivity contribution in [1.29, 1.82) is 0 Å². The molecular formula is C33H20BN5. The van der Waals surface area contributed by atoms with Crippen molar-refractivity contribution in [3.8, 4) is 17.1 Å². The highest BCUT2D eigenvalue weighted by atomic mass is 15.3. The fraction of sp³-hybridized carbons (Fsp3) is 0.